The molecule has 0 aromatic heterocycles. The van der Waals surface area contributed by atoms with Crippen molar-refractivity contribution in [2.75, 3.05) is 39.8 Å². The molecule has 0 bridgehead atoms. The maximum atomic E-state index is 12.1. The average Bonchev–Trinajstić information content (AvgIpc) is 2.38. The molecule has 1 aromatic carbocycles. The zero-order chi connectivity index (χ0) is 13.0. The van der Waals surface area contributed by atoms with Gasteiger partial charge in [-0.05, 0) is 19.2 Å². The summed E-state index contributed by atoms with van der Waals surface area (Å²) in [7, 11) is 2.13. The molecule has 0 amide bonds. The lowest BCUT2D eigenvalue weighted by Gasteiger charge is -2.32. The number of Topliss-reactive ketones (excluding diaryl/α,β-unsaturated/α-hetero) is 1. The first kappa shape index (κ1) is 13.5. The van der Waals surface area contributed by atoms with E-state index in [1.807, 2.05) is 12.1 Å². The lowest BCUT2D eigenvalue weighted by molar-refractivity contribution is 0.0942. The first-order valence-electron chi connectivity index (χ1n) is 6.35. The number of benzene rings is 1. The molecule has 1 aromatic rings. The minimum absolute atomic E-state index is 0.138. The van der Waals surface area contributed by atoms with Crippen LogP contribution in [0.3, 0.4) is 0 Å². The molecule has 1 fully saturated rings. The van der Waals surface area contributed by atoms with E-state index in [-0.39, 0.29) is 5.78 Å². The van der Waals surface area contributed by atoms with E-state index in [1.165, 1.54) is 0 Å². The first-order valence-corrected chi connectivity index (χ1v) is 6.73. The quantitative estimate of drug-likeness (QED) is 0.781. The van der Waals surface area contributed by atoms with Gasteiger partial charge in [0.1, 0.15) is 0 Å². The second-order valence-electron chi connectivity index (χ2n) is 4.80. The van der Waals surface area contributed by atoms with Gasteiger partial charge in [0.05, 0.1) is 5.02 Å². The molecule has 1 saturated heterocycles. The van der Waals surface area contributed by atoms with Crippen molar-refractivity contribution in [3.05, 3.63) is 34.9 Å². The van der Waals surface area contributed by atoms with Gasteiger partial charge < -0.3 is 9.80 Å². The predicted octanol–water partition coefficient (Wildman–Crippen LogP) is 2.16. The molecule has 0 unspecified atom stereocenters. The van der Waals surface area contributed by atoms with Crippen LogP contribution in [0.1, 0.15) is 16.8 Å². The highest BCUT2D eigenvalue weighted by Gasteiger charge is 2.16. The molecule has 2 rings (SSSR count). The van der Waals surface area contributed by atoms with Crippen molar-refractivity contribution in [2.24, 2.45) is 0 Å². The molecular formula is C14H19ClN2O. The van der Waals surface area contributed by atoms with Gasteiger partial charge in [-0.15, -0.1) is 0 Å². The van der Waals surface area contributed by atoms with Gasteiger partial charge >= 0.3 is 0 Å². The summed E-state index contributed by atoms with van der Waals surface area (Å²) in [5.41, 5.74) is 0.647. The highest BCUT2D eigenvalue weighted by molar-refractivity contribution is 6.33. The predicted molar refractivity (Wildman–Crippen MR) is 74.3 cm³/mol. The van der Waals surface area contributed by atoms with Crippen molar-refractivity contribution < 1.29 is 4.79 Å². The van der Waals surface area contributed by atoms with Crippen molar-refractivity contribution in [2.45, 2.75) is 6.42 Å². The Kier molecular flexibility index (Phi) is 4.75. The van der Waals surface area contributed by atoms with Crippen LogP contribution in [0.2, 0.25) is 5.02 Å². The zero-order valence-electron chi connectivity index (χ0n) is 10.7. The molecule has 3 nitrogen and oxygen atoms in total. The Labute approximate surface area is 113 Å². The third-order valence-electron chi connectivity index (χ3n) is 3.43. The third-order valence-corrected chi connectivity index (χ3v) is 3.75. The molecule has 1 aliphatic rings. The molecule has 4 heteroatoms. The van der Waals surface area contributed by atoms with Crippen LogP contribution in [0.15, 0.2) is 24.3 Å². The fourth-order valence-electron chi connectivity index (χ4n) is 2.15. The molecule has 0 N–H and O–H groups in total. The van der Waals surface area contributed by atoms with Gasteiger partial charge in [0, 0.05) is 44.7 Å². The van der Waals surface area contributed by atoms with Gasteiger partial charge in [0.2, 0.25) is 0 Å². The minimum Gasteiger partial charge on any atom is -0.304 e. The van der Waals surface area contributed by atoms with Gasteiger partial charge in [-0.3, -0.25) is 4.79 Å². The SMILES string of the molecule is CN1CCN(CCC(=O)c2ccccc2Cl)CC1. The van der Waals surface area contributed by atoms with Gasteiger partial charge in [-0.25, -0.2) is 0 Å². The molecule has 18 heavy (non-hydrogen) atoms. The molecule has 1 aliphatic heterocycles. The van der Waals surface area contributed by atoms with Crippen molar-refractivity contribution in [1.82, 2.24) is 9.80 Å². The van der Waals surface area contributed by atoms with Crippen LogP contribution in [0.5, 0.6) is 0 Å². The molecule has 1 heterocycles. The van der Waals surface area contributed by atoms with Crippen LogP contribution < -0.4 is 0 Å². The molecule has 0 radical (unpaired) electrons. The summed E-state index contributed by atoms with van der Waals surface area (Å²) in [6, 6.07) is 7.27. The topological polar surface area (TPSA) is 23.6 Å². The maximum Gasteiger partial charge on any atom is 0.165 e. The van der Waals surface area contributed by atoms with Gasteiger partial charge in [-0.2, -0.15) is 0 Å². The fourth-order valence-corrected chi connectivity index (χ4v) is 2.39. The second kappa shape index (κ2) is 6.32. The van der Waals surface area contributed by atoms with Crippen molar-refractivity contribution in [3.8, 4) is 0 Å². The largest absolute Gasteiger partial charge is 0.304 e. The maximum absolute atomic E-state index is 12.1. The Morgan fingerprint density at radius 2 is 1.89 bits per heavy atom. The second-order valence-corrected chi connectivity index (χ2v) is 5.21. The van der Waals surface area contributed by atoms with Crippen LogP contribution in [-0.4, -0.2) is 55.4 Å². The van der Waals surface area contributed by atoms with Gasteiger partial charge in [0.25, 0.3) is 0 Å². The molecule has 0 atom stereocenters. The van der Waals surface area contributed by atoms with Crippen molar-refractivity contribution in [1.29, 1.82) is 0 Å². The molecular weight excluding hydrogens is 248 g/mol. The highest BCUT2D eigenvalue weighted by atomic mass is 35.5. The number of carbonyl (C=O) groups excluding carboxylic acids is 1. The van der Waals surface area contributed by atoms with E-state index in [4.69, 9.17) is 11.6 Å². The summed E-state index contributed by atoms with van der Waals surface area (Å²) in [4.78, 5) is 16.7. The van der Waals surface area contributed by atoms with E-state index in [0.29, 0.717) is 17.0 Å². The van der Waals surface area contributed by atoms with E-state index in [0.717, 1.165) is 32.7 Å². The standard InChI is InChI=1S/C14H19ClN2O/c1-16-8-10-17(11-9-16)7-6-14(18)12-4-2-3-5-13(12)15/h2-5H,6-11H2,1H3. The summed E-state index contributed by atoms with van der Waals surface area (Å²) in [6.45, 7) is 5.09. The summed E-state index contributed by atoms with van der Waals surface area (Å²) in [6.07, 6.45) is 0.549. The monoisotopic (exact) mass is 266 g/mol. The lowest BCUT2D eigenvalue weighted by Crippen LogP contribution is -2.45. The molecule has 0 saturated carbocycles. The normalized spacial score (nSPS) is 17.9. The van der Waals surface area contributed by atoms with E-state index in [1.54, 1.807) is 12.1 Å². The van der Waals surface area contributed by atoms with Gasteiger partial charge in [0.15, 0.2) is 5.78 Å². The Morgan fingerprint density at radius 1 is 1.22 bits per heavy atom. The number of ketones is 1. The van der Waals surface area contributed by atoms with Crippen LogP contribution in [0, 0.1) is 0 Å². The van der Waals surface area contributed by atoms with Crippen molar-refractivity contribution in [3.63, 3.8) is 0 Å². The lowest BCUT2D eigenvalue weighted by atomic mass is 10.1. The number of halogens is 1. The highest BCUT2D eigenvalue weighted by Crippen LogP contribution is 2.17. The molecule has 0 spiro atoms. The number of carbonyl (C=O) groups is 1. The smallest absolute Gasteiger partial charge is 0.165 e. The van der Waals surface area contributed by atoms with E-state index >= 15 is 0 Å². The third kappa shape index (κ3) is 3.55. The summed E-state index contributed by atoms with van der Waals surface area (Å²) in [5.74, 6) is 0.138. The number of likely N-dealkylation sites (N-methyl/N-ethyl adjacent to an activating group) is 1. The number of piperazine rings is 1. The van der Waals surface area contributed by atoms with Crippen LogP contribution in [-0.2, 0) is 0 Å². The summed E-state index contributed by atoms with van der Waals surface area (Å²) < 4.78 is 0. The van der Waals surface area contributed by atoms with Gasteiger partial charge in [-0.1, -0.05) is 23.7 Å². The van der Waals surface area contributed by atoms with Crippen LogP contribution in [0.4, 0.5) is 0 Å². The molecule has 0 aliphatic carbocycles. The Bertz CT molecular complexity index is 414. The van der Waals surface area contributed by atoms with E-state index < -0.39 is 0 Å². The Hall–Kier alpha value is -0.900. The van der Waals surface area contributed by atoms with E-state index in [2.05, 4.69) is 16.8 Å². The Morgan fingerprint density at radius 3 is 2.56 bits per heavy atom. The summed E-state index contributed by atoms with van der Waals surface area (Å²) in [5, 5.41) is 0.556. The minimum atomic E-state index is 0.138. The number of hydrogen-bond acceptors (Lipinski definition) is 3. The van der Waals surface area contributed by atoms with E-state index in [9.17, 15) is 4.79 Å². The van der Waals surface area contributed by atoms with Crippen molar-refractivity contribution >= 4 is 17.4 Å². The zero-order valence-corrected chi connectivity index (χ0v) is 11.5. The number of rotatable bonds is 4. The fraction of sp³-hybridized carbons (Fsp3) is 0.500. The average molecular weight is 267 g/mol. The molecule has 98 valence electrons. The number of nitrogens with zero attached hydrogens (tertiary/aromatic N) is 2. The first-order chi connectivity index (χ1) is 8.66. The van der Waals surface area contributed by atoms with Crippen LogP contribution >= 0.6 is 11.6 Å². The van der Waals surface area contributed by atoms with Crippen LogP contribution in [0.25, 0.3) is 0 Å². The Balaban J connectivity index is 1.84. The summed E-state index contributed by atoms with van der Waals surface area (Å²) >= 11 is 6.02. The number of hydrogen-bond donors (Lipinski definition) is 0.